The van der Waals surface area contributed by atoms with E-state index in [4.69, 9.17) is 0 Å². The average molecular weight is 366 g/mol. The molecule has 0 spiro atoms. The molecule has 27 heavy (non-hydrogen) atoms. The summed E-state index contributed by atoms with van der Waals surface area (Å²) in [5, 5.41) is 15.3. The minimum Gasteiger partial charge on any atom is -0.392 e. The maximum atomic E-state index is 12.6. The van der Waals surface area contributed by atoms with E-state index in [1.54, 1.807) is 4.68 Å². The fraction of sp³-hybridized carbons (Fsp3) is 0.429. The van der Waals surface area contributed by atoms with Gasteiger partial charge in [0.25, 0.3) is 0 Å². The number of piperidine rings is 1. The van der Waals surface area contributed by atoms with Crippen LogP contribution in [0.5, 0.6) is 0 Å². The largest absolute Gasteiger partial charge is 0.392 e. The van der Waals surface area contributed by atoms with E-state index < -0.39 is 0 Å². The second-order valence-electron chi connectivity index (χ2n) is 7.43. The molecule has 1 saturated heterocycles. The summed E-state index contributed by atoms with van der Waals surface area (Å²) in [6.45, 7) is 2.59. The van der Waals surface area contributed by atoms with E-state index in [0.29, 0.717) is 12.1 Å². The number of rotatable bonds is 6. The molecule has 6 nitrogen and oxygen atoms in total. The molecule has 4 rings (SSSR count). The van der Waals surface area contributed by atoms with Gasteiger partial charge in [0.2, 0.25) is 0 Å². The Morgan fingerprint density at radius 1 is 1.33 bits per heavy atom. The fourth-order valence-electron chi connectivity index (χ4n) is 3.89. The Bertz CT molecular complexity index is 910. The summed E-state index contributed by atoms with van der Waals surface area (Å²) < 4.78 is 1.76. The first kappa shape index (κ1) is 17.9. The first-order valence-electron chi connectivity index (χ1n) is 9.66. The van der Waals surface area contributed by atoms with E-state index in [2.05, 4.69) is 27.1 Å². The van der Waals surface area contributed by atoms with Gasteiger partial charge in [-0.15, -0.1) is 0 Å². The number of β-amino-alcohol motifs (C(OH)–C–C–N with tert-alkyl or cyclic N) is 1. The van der Waals surface area contributed by atoms with Gasteiger partial charge >= 0.3 is 0 Å². The number of aryl methyl sites for hydroxylation is 1. The van der Waals surface area contributed by atoms with Gasteiger partial charge < -0.3 is 15.0 Å². The molecular formula is C21H26N4O2. The third-order valence-corrected chi connectivity index (χ3v) is 5.33. The Morgan fingerprint density at radius 3 is 3.00 bits per heavy atom. The molecule has 1 atom stereocenters. The van der Waals surface area contributed by atoms with Gasteiger partial charge in [0.1, 0.15) is 5.69 Å². The Labute approximate surface area is 158 Å². The number of aliphatic hydroxyl groups excluding tert-OH is 1. The summed E-state index contributed by atoms with van der Waals surface area (Å²) in [5.74, 6) is 0.0746. The number of aliphatic hydroxyl groups is 1. The summed E-state index contributed by atoms with van der Waals surface area (Å²) in [5.41, 5.74) is 3.47. The lowest BCUT2D eigenvalue weighted by molar-refractivity contribution is 0.0691. The molecule has 0 radical (unpaired) electrons. The van der Waals surface area contributed by atoms with Crippen molar-refractivity contribution in [2.45, 2.75) is 31.8 Å². The van der Waals surface area contributed by atoms with Crippen LogP contribution in [0.25, 0.3) is 22.3 Å². The standard InChI is InChI=1S/C21H26N4O2/c1-24-20(18-12-15-6-2-3-8-17(15)22-18)13-19(23-24)21(27)9-5-11-25-10-4-7-16(26)14-25/h2-3,6,8,12-13,16,22,26H,4-5,7,9-11,14H2,1H3. The summed E-state index contributed by atoms with van der Waals surface area (Å²) in [7, 11) is 1.87. The molecule has 0 amide bonds. The van der Waals surface area contributed by atoms with Crippen molar-refractivity contribution in [3.05, 3.63) is 42.1 Å². The number of nitrogens with one attached hydrogen (secondary N) is 1. The zero-order valence-corrected chi connectivity index (χ0v) is 15.7. The van der Waals surface area contributed by atoms with Crippen LogP contribution in [0.1, 0.15) is 36.2 Å². The number of ketones is 1. The van der Waals surface area contributed by atoms with Crippen molar-refractivity contribution in [3.63, 3.8) is 0 Å². The second-order valence-corrected chi connectivity index (χ2v) is 7.43. The van der Waals surface area contributed by atoms with Crippen molar-refractivity contribution in [2.24, 2.45) is 7.05 Å². The van der Waals surface area contributed by atoms with Crippen LogP contribution in [0.3, 0.4) is 0 Å². The van der Waals surface area contributed by atoms with Crippen molar-refractivity contribution in [2.75, 3.05) is 19.6 Å². The number of Topliss-reactive ketones (excluding diaryl/α,β-unsaturated/α-hetero) is 1. The fourth-order valence-corrected chi connectivity index (χ4v) is 3.89. The lowest BCUT2D eigenvalue weighted by atomic mass is 10.1. The smallest absolute Gasteiger partial charge is 0.183 e. The first-order valence-corrected chi connectivity index (χ1v) is 9.66. The minimum absolute atomic E-state index is 0.0746. The highest BCUT2D eigenvalue weighted by atomic mass is 16.3. The van der Waals surface area contributed by atoms with Crippen LogP contribution in [0.15, 0.2) is 36.4 Å². The predicted octanol–water partition coefficient (Wildman–Crippen LogP) is 2.99. The van der Waals surface area contributed by atoms with Crippen molar-refractivity contribution in [1.82, 2.24) is 19.7 Å². The van der Waals surface area contributed by atoms with E-state index in [-0.39, 0.29) is 11.9 Å². The molecule has 142 valence electrons. The van der Waals surface area contributed by atoms with E-state index in [1.165, 1.54) is 0 Å². The van der Waals surface area contributed by atoms with Gasteiger partial charge in [-0.1, -0.05) is 18.2 Å². The summed E-state index contributed by atoms with van der Waals surface area (Å²) in [4.78, 5) is 18.2. The number of carbonyl (C=O) groups is 1. The Morgan fingerprint density at radius 2 is 2.19 bits per heavy atom. The van der Waals surface area contributed by atoms with Crippen LogP contribution in [-0.2, 0) is 7.05 Å². The molecule has 2 N–H and O–H groups in total. The van der Waals surface area contributed by atoms with E-state index in [0.717, 1.165) is 61.2 Å². The maximum Gasteiger partial charge on any atom is 0.183 e. The number of hydrogen-bond donors (Lipinski definition) is 2. The molecule has 1 fully saturated rings. The SMILES string of the molecule is Cn1nc(C(=O)CCCN2CCCC(O)C2)cc1-c1cc2ccccc2[nH]1. The molecule has 3 aromatic rings. The summed E-state index contributed by atoms with van der Waals surface area (Å²) in [6, 6.07) is 12.1. The van der Waals surface area contributed by atoms with Crippen molar-refractivity contribution < 1.29 is 9.90 Å². The quantitative estimate of drug-likeness (QED) is 0.658. The summed E-state index contributed by atoms with van der Waals surface area (Å²) in [6.07, 6.45) is 2.98. The second kappa shape index (κ2) is 7.66. The predicted molar refractivity (Wildman–Crippen MR) is 106 cm³/mol. The molecule has 1 aliphatic heterocycles. The molecule has 3 heterocycles. The topological polar surface area (TPSA) is 74.2 Å². The molecule has 0 saturated carbocycles. The van der Waals surface area contributed by atoms with E-state index >= 15 is 0 Å². The third-order valence-electron chi connectivity index (χ3n) is 5.33. The Hall–Kier alpha value is -2.44. The lowest BCUT2D eigenvalue weighted by Crippen LogP contribution is -2.38. The van der Waals surface area contributed by atoms with Gasteiger partial charge in [0, 0.05) is 30.9 Å². The number of nitrogens with zero attached hydrogens (tertiary/aromatic N) is 3. The third kappa shape index (κ3) is 3.96. The number of aromatic amines is 1. The lowest BCUT2D eigenvalue weighted by Gasteiger charge is -2.29. The van der Waals surface area contributed by atoms with Gasteiger partial charge in [0.15, 0.2) is 5.78 Å². The highest BCUT2D eigenvalue weighted by Gasteiger charge is 2.19. The van der Waals surface area contributed by atoms with E-state index in [1.807, 2.05) is 31.3 Å². The van der Waals surface area contributed by atoms with Gasteiger partial charge in [-0.05, 0) is 50.6 Å². The zero-order valence-electron chi connectivity index (χ0n) is 15.7. The minimum atomic E-state index is -0.218. The van der Waals surface area contributed by atoms with Gasteiger partial charge in [-0.2, -0.15) is 5.10 Å². The molecule has 0 aliphatic carbocycles. The molecule has 6 heteroatoms. The average Bonchev–Trinajstić information content (AvgIpc) is 3.25. The number of hydrogen-bond acceptors (Lipinski definition) is 4. The molecule has 2 aromatic heterocycles. The number of carbonyl (C=O) groups excluding carboxylic acids is 1. The summed E-state index contributed by atoms with van der Waals surface area (Å²) >= 11 is 0. The highest BCUT2D eigenvalue weighted by Crippen LogP contribution is 2.24. The number of para-hydroxylation sites is 1. The first-order chi connectivity index (χ1) is 13.1. The Kier molecular flexibility index (Phi) is 5.09. The van der Waals surface area contributed by atoms with Crippen LogP contribution in [0.2, 0.25) is 0 Å². The van der Waals surface area contributed by atoms with Crippen molar-refractivity contribution in [1.29, 1.82) is 0 Å². The normalized spacial score (nSPS) is 18.2. The zero-order chi connectivity index (χ0) is 18.8. The molecule has 0 bridgehead atoms. The number of aromatic nitrogens is 3. The molecule has 1 aliphatic rings. The molecule has 1 aromatic carbocycles. The number of fused-ring (bicyclic) bond motifs is 1. The molecular weight excluding hydrogens is 340 g/mol. The van der Waals surface area contributed by atoms with Crippen LogP contribution < -0.4 is 0 Å². The van der Waals surface area contributed by atoms with E-state index in [9.17, 15) is 9.90 Å². The Balaban J connectivity index is 1.40. The highest BCUT2D eigenvalue weighted by molar-refractivity contribution is 5.95. The van der Waals surface area contributed by atoms with Crippen LogP contribution >= 0.6 is 0 Å². The van der Waals surface area contributed by atoms with Crippen molar-refractivity contribution >= 4 is 16.7 Å². The van der Waals surface area contributed by atoms with Crippen LogP contribution in [0, 0.1) is 0 Å². The van der Waals surface area contributed by atoms with Crippen LogP contribution in [0.4, 0.5) is 0 Å². The van der Waals surface area contributed by atoms with Gasteiger partial charge in [-0.25, -0.2) is 0 Å². The van der Waals surface area contributed by atoms with Gasteiger partial charge in [0.05, 0.1) is 17.5 Å². The number of H-pyrrole nitrogens is 1. The van der Waals surface area contributed by atoms with Crippen molar-refractivity contribution in [3.8, 4) is 11.4 Å². The maximum absolute atomic E-state index is 12.6. The molecule has 1 unspecified atom stereocenters. The number of likely N-dealkylation sites (tertiary alicyclic amines) is 1. The van der Waals surface area contributed by atoms with Crippen LogP contribution in [-0.4, -0.2) is 56.3 Å². The van der Waals surface area contributed by atoms with Gasteiger partial charge in [-0.3, -0.25) is 9.48 Å². The monoisotopic (exact) mass is 366 g/mol. The number of benzene rings is 1.